The molecule has 0 aliphatic carbocycles. The van der Waals surface area contributed by atoms with Gasteiger partial charge in [-0.1, -0.05) is 30.3 Å². The van der Waals surface area contributed by atoms with Crippen LogP contribution >= 0.6 is 0 Å². The van der Waals surface area contributed by atoms with Crippen LogP contribution in [0.15, 0.2) is 41.2 Å². The predicted molar refractivity (Wildman–Crippen MR) is 90.7 cm³/mol. The number of hydrogen-bond donors (Lipinski definition) is 1. The van der Waals surface area contributed by atoms with Crippen molar-refractivity contribution in [1.29, 1.82) is 0 Å². The van der Waals surface area contributed by atoms with Gasteiger partial charge in [-0.15, -0.1) is 0 Å². The maximum atomic E-state index is 12.8. The number of hydrogen-bond acceptors (Lipinski definition) is 3. The van der Waals surface area contributed by atoms with Crippen LogP contribution in [0.3, 0.4) is 0 Å². The standard InChI is InChI=1S/C17H12F3NO3.Gd.2H2O/c1-2-21-11-8-7-9-5-3-4-6-10(9)12(11)14(22)13(16(21)24)15(23)17(18,19)20;;;/h3-8,22H,2H2,1H3;;2*1H2. The maximum Gasteiger partial charge on any atom is 0.455 e. The molecule has 0 aliphatic heterocycles. The summed E-state index contributed by atoms with van der Waals surface area (Å²) >= 11 is 0. The minimum absolute atomic E-state index is 0. The number of aromatic hydroxyl groups is 1. The number of fused-ring (bicyclic) bond motifs is 3. The second kappa shape index (κ2) is 9.07. The number of pyridine rings is 1. The molecule has 148 valence electrons. The quantitative estimate of drug-likeness (QED) is 0.404. The van der Waals surface area contributed by atoms with Gasteiger partial charge in [0.05, 0.1) is 5.52 Å². The Hall–Kier alpha value is -1.59. The zero-order valence-corrected chi connectivity index (χ0v) is 16.1. The summed E-state index contributed by atoms with van der Waals surface area (Å²) in [5.41, 5.74) is -2.12. The van der Waals surface area contributed by atoms with Crippen molar-refractivity contribution in [3.63, 3.8) is 0 Å². The molecule has 0 fully saturated rings. The Morgan fingerprint density at radius 1 is 1.11 bits per heavy atom. The van der Waals surface area contributed by atoms with Crippen LogP contribution in [-0.2, 0) is 6.54 Å². The Morgan fingerprint density at radius 3 is 2.26 bits per heavy atom. The summed E-state index contributed by atoms with van der Waals surface area (Å²) < 4.78 is 39.6. The smallest absolute Gasteiger partial charge is 0.455 e. The molecule has 6 nitrogen and oxygen atoms in total. The van der Waals surface area contributed by atoms with E-state index in [2.05, 4.69) is 0 Å². The summed E-state index contributed by atoms with van der Waals surface area (Å²) in [7, 11) is 0. The number of Topliss-reactive ketones (excluding diaryl/α,β-unsaturated/α-hetero) is 1. The fourth-order valence-electron chi connectivity index (χ4n) is 2.86. The molecule has 0 saturated carbocycles. The number of carbonyl (C=O) groups is 1. The molecule has 0 unspecified atom stereocenters. The molecule has 27 heavy (non-hydrogen) atoms. The fourth-order valence-corrected chi connectivity index (χ4v) is 2.86. The van der Waals surface area contributed by atoms with Crippen molar-refractivity contribution < 1.29 is 74.0 Å². The number of benzene rings is 2. The second-order valence-corrected chi connectivity index (χ2v) is 5.28. The van der Waals surface area contributed by atoms with Gasteiger partial charge in [0.1, 0.15) is 11.3 Å². The first-order chi connectivity index (χ1) is 11.3. The first kappa shape index (κ1) is 25.4. The predicted octanol–water partition coefficient (Wildman–Crippen LogP) is 1.98. The number of rotatable bonds is 2. The molecular formula is C17H16F3GdNO5. The number of aromatic nitrogens is 1. The number of halogens is 3. The number of alkyl halides is 3. The van der Waals surface area contributed by atoms with E-state index in [0.29, 0.717) is 10.8 Å². The van der Waals surface area contributed by atoms with Crippen molar-refractivity contribution in [2.75, 3.05) is 0 Å². The van der Waals surface area contributed by atoms with Crippen molar-refractivity contribution in [3.05, 3.63) is 52.3 Å². The van der Waals surface area contributed by atoms with Crippen LogP contribution in [0.1, 0.15) is 17.3 Å². The molecule has 2 aromatic carbocycles. The Morgan fingerprint density at radius 2 is 1.70 bits per heavy atom. The number of ketones is 1. The molecule has 0 spiro atoms. The van der Waals surface area contributed by atoms with E-state index < -0.39 is 28.8 Å². The fraction of sp³-hybridized carbons (Fsp3) is 0.176. The summed E-state index contributed by atoms with van der Waals surface area (Å²) in [5, 5.41) is 11.5. The van der Waals surface area contributed by atoms with Gasteiger partial charge in [-0.3, -0.25) is 9.59 Å². The van der Waals surface area contributed by atoms with Crippen LogP contribution in [0.4, 0.5) is 13.2 Å². The molecule has 0 saturated heterocycles. The minimum Gasteiger partial charge on any atom is -0.506 e. The van der Waals surface area contributed by atoms with Crippen molar-refractivity contribution >= 4 is 27.5 Å². The summed E-state index contributed by atoms with van der Waals surface area (Å²) in [6.07, 6.45) is -5.25. The molecule has 0 amide bonds. The van der Waals surface area contributed by atoms with Gasteiger partial charge >= 0.3 is 6.18 Å². The van der Waals surface area contributed by atoms with E-state index in [9.17, 15) is 27.9 Å². The molecule has 5 N–H and O–H groups in total. The van der Waals surface area contributed by atoms with Crippen molar-refractivity contribution in [2.45, 2.75) is 19.6 Å². The molecule has 3 rings (SSSR count). The van der Waals surface area contributed by atoms with E-state index in [1.165, 1.54) is 0 Å². The zero-order valence-electron chi connectivity index (χ0n) is 13.9. The third kappa shape index (κ3) is 4.14. The summed E-state index contributed by atoms with van der Waals surface area (Å²) in [6.45, 7) is 1.64. The number of nitrogens with zero attached hydrogens (tertiary/aromatic N) is 1. The van der Waals surface area contributed by atoms with Gasteiger partial charge in [0.25, 0.3) is 11.3 Å². The van der Waals surface area contributed by atoms with E-state index in [0.717, 1.165) is 4.57 Å². The largest absolute Gasteiger partial charge is 0.506 e. The van der Waals surface area contributed by atoms with Gasteiger partial charge in [0.2, 0.25) is 0 Å². The van der Waals surface area contributed by atoms with Crippen LogP contribution in [0.5, 0.6) is 5.75 Å². The van der Waals surface area contributed by atoms with Gasteiger partial charge in [-0.05, 0) is 23.8 Å². The number of carbonyl (C=O) groups excluding carboxylic acids is 1. The Labute approximate surface area is 182 Å². The zero-order chi connectivity index (χ0) is 17.6. The summed E-state index contributed by atoms with van der Waals surface area (Å²) in [5.74, 6) is -3.28. The molecule has 1 heterocycles. The van der Waals surface area contributed by atoms with Crippen LogP contribution in [0.25, 0.3) is 21.7 Å². The van der Waals surface area contributed by atoms with Crippen molar-refractivity contribution in [2.24, 2.45) is 0 Å². The van der Waals surface area contributed by atoms with Crippen molar-refractivity contribution in [3.8, 4) is 5.75 Å². The topological polar surface area (TPSA) is 122 Å². The van der Waals surface area contributed by atoms with E-state index in [1.54, 1.807) is 43.3 Å². The van der Waals surface area contributed by atoms with Gasteiger partial charge in [-0.25, -0.2) is 0 Å². The molecule has 0 atom stereocenters. The maximum absolute atomic E-state index is 12.8. The minimum atomic E-state index is -5.25. The number of aryl methyl sites for hydroxylation is 1. The normalized spacial score (nSPS) is 10.7. The first-order valence-electron chi connectivity index (χ1n) is 7.16. The average Bonchev–Trinajstić information content (AvgIpc) is 2.53. The van der Waals surface area contributed by atoms with E-state index in [1.807, 2.05) is 0 Å². The third-order valence-electron chi connectivity index (χ3n) is 3.93. The van der Waals surface area contributed by atoms with E-state index >= 15 is 0 Å². The molecule has 1 aromatic heterocycles. The van der Waals surface area contributed by atoms with E-state index in [-0.39, 0.29) is 68.3 Å². The summed E-state index contributed by atoms with van der Waals surface area (Å²) in [6, 6.07) is 9.99. The van der Waals surface area contributed by atoms with Gasteiger partial charge in [-0.2, -0.15) is 13.2 Å². The molecule has 10 heteroatoms. The Kier molecular flexibility index (Phi) is 8.54. The molecular weight excluding hydrogens is 512 g/mol. The van der Waals surface area contributed by atoms with Crippen LogP contribution < -0.4 is 5.56 Å². The first-order valence-corrected chi connectivity index (χ1v) is 7.16. The van der Waals surface area contributed by atoms with Crippen LogP contribution in [0, 0.1) is 39.9 Å². The second-order valence-electron chi connectivity index (χ2n) is 5.28. The molecule has 0 radical (unpaired) electrons. The molecule has 0 aliphatic rings. The van der Waals surface area contributed by atoms with Gasteiger partial charge in [0, 0.05) is 51.9 Å². The summed E-state index contributed by atoms with van der Waals surface area (Å²) in [4.78, 5) is 24.0. The van der Waals surface area contributed by atoms with Crippen molar-refractivity contribution in [1.82, 2.24) is 4.57 Å². The third-order valence-corrected chi connectivity index (χ3v) is 3.93. The average molecular weight is 529 g/mol. The van der Waals surface area contributed by atoms with Gasteiger partial charge in [0.15, 0.2) is 0 Å². The monoisotopic (exact) mass is 529 g/mol. The van der Waals surface area contributed by atoms with Crippen LogP contribution in [-0.4, -0.2) is 32.6 Å². The molecule has 3 aromatic rings. The Bertz CT molecular complexity index is 1050. The SMILES string of the molecule is CCn1c(=O)c(C(=O)C(F)(F)F)c(O)c2c3ccccc3ccc21.O.O.[Gd]. The van der Waals surface area contributed by atoms with E-state index in [4.69, 9.17) is 0 Å². The molecule has 0 bridgehead atoms. The Balaban J connectivity index is 0.00000225. The van der Waals surface area contributed by atoms with Gasteiger partial charge < -0.3 is 20.6 Å². The van der Waals surface area contributed by atoms with Crippen LogP contribution in [0.2, 0.25) is 0 Å².